The molecule has 0 saturated heterocycles. The Hall–Kier alpha value is -4.40. The van der Waals surface area contributed by atoms with E-state index in [9.17, 15) is 9.59 Å². The van der Waals surface area contributed by atoms with E-state index in [-0.39, 0.29) is 36.2 Å². The number of carbonyl (C=O) groups excluding carboxylic acids is 1. The number of aryl methyl sites for hydroxylation is 1. The second kappa shape index (κ2) is 9.84. The van der Waals surface area contributed by atoms with Gasteiger partial charge in [0, 0.05) is 24.7 Å². The number of hydrogen-bond donors (Lipinski definition) is 2. The van der Waals surface area contributed by atoms with Gasteiger partial charge in [0.1, 0.15) is 5.82 Å². The van der Waals surface area contributed by atoms with Gasteiger partial charge in [0.05, 0.1) is 24.6 Å². The summed E-state index contributed by atoms with van der Waals surface area (Å²) in [7, 11) is 1.43. The van der Waals surface area contributed by atoms with Crippen molar-refractivity contribution in [2.24, 2.45) is 0 Å². The molecule has 0 amide bonds. The van der Waals surface area contributed by atoms with Crippen LogP contribution in [0, 0.1) is 0 Å². The summed E-state index contributed by atoms with van der Waals surface area (Å²) < 4.78 is 12.6. The van der Waals surface area contributed by atoms with Crippen molar-refractivity contribution >= 4 is 28.6 Å². The highest BCUT2D eigenvalue weighted by molar-refractivity contribution is 5.99. The third-order valence-corrected chi connectivity index (χ3v) is 5.80. The summed E-state index contributed by atoms with van der Waals surface area (Å²) in [6, 6.07) is 13.7. The normalized spacial score (nSPS) is 10.9. The Kier molecular flexibility index (Phi) is 6.68. The molecule has 2 heterocycles. The smallest absolute Gasteiger partial charge is 0.347 e. The van der Waals surface area contributed by atoms with Gasteiger partial charge in [0.2, 0.25) is 17.3 Å². The third-order valence-electron chi connectivity index (χ3n) is 5.80. The Bertz CT molecular complexity index is 1460. The molecule has 0 saturated carbocycles. The molecular weight excluding hydrogens is 446 g/mol. The van der Waals surface area contributed by atoms with Crippen molar-refractivity contribution in [3.05, 3.63) is 75.6 Å². The number of ether oxygens (including phenoxy) is 2. The third kappa shape index (κ3) is 4.40. The highest BCUT2D eigenvalue weighted by Crippen LogP contribution is 2.32. The first-order valence-electron chi connectivity index (χ1n) is 11.3. The van der Waals surface area contributed by atoms with Crippen LogP contribution in [0.4, 0.5) is 11.8 Å². The second-order valence-electron chi connectivity index (χ2n) is 7.89. The number of aromatic nitrogens is 3. The number of nitrogens with zero attached hydrogens (tertiary/aromatic N) is 3. The van der Waals surface area contributed by atoms with Crippen molar-refractivity contribution in [1.29, 1.82) is 0 Å². The molecule has 0 radical (unpaired) electrons. The molecular formula is C26H27N5O4. The molecule has 2 aromatic heterocycles. The molecule has 2 aromatic carbocycles. The van der Waals surface area contributed by atoms with E-state index in [1.54, 1.807) is 13.1 Å². The zero-order valence-electron chi connectivity index (χ0n) is 19.9. The molecule has 0 spiro atoms. The summed E-state index contributed by atoms with van der Waals surface area (Å²) in [5.41, 5.74) is 15.0. The summed E-state index contributed by atoms with van der Waals surface area (Å²) >= 11 is 0. The van der Waals surface area contributed by atoms with E-state index in [2.05, 4.69) is 9.97 Å². The maximum atomic E-state index is 13.8. The van der Waals surface area contributed by atoms with Gasteiger partial charge in [-0.1, -0.05) is 30.3 Å². The maximum Gasteiger partial charge on any atom is 0.347 e. The van der Waals surface area contributed by atoms with Gasteiger partial charge in [-0.25, -0.2) is 9.78 Å². The van der Waals surface area contributed by atoms with Crippen LogP contribution in [0.1, 0.15) is 35.3 Å². The van der Waals surface area contributed by atoms with Crippen molar-refractivity contribution in [3.63, 3.8) is 0 Å². The minimum atomic E-state index is -0.730. The largest absolute Gasteiger partial charge is 0.481 e. The molecule has 0 aliphatic heterocycles. The number of fused-ring (bicyclic) bond motifs is 1. The van der Waals surface area contributed by atoms with Crippen LogP contribution in [0.15, 0.2) is 53.5 Å². The Balaban J connectivity index is 2.10. The van der Waals surface area contributed by atoms with Crippen LogP contribution in [0.25, 0.3) is 22.0 Å². The van der Waals surface area contributed by atoms with Crippen LogP contribution < -0.4 is 21.6 Å². The number of pyridine rings is 1. The van der Waals surface area contributed by atoms with E-state index in [0.29, 0.717) is 28.6 Å². The van der Waals surface area contributed by atoms with Crippen molar-refractivity contribution in [1.82, 2.24) is 14.5 Å². The number of nitrogen functional groups attached to an aromatic ring is 2. The van der Waals surface area contributed by atoms with Gasteiger partial charge in [0.15, 0.2) is 5.56 Å². The number of nitrogens with two attached hydrogens (primary N) is 2. The molecule has 4 N–H and O–H groups in total. The summed E-state index contributed by atoms with van der Waals surface area (Å²) in [4.78, 5) is 34.8. The number of anilines is 2. The van der Waals surface area contributed by atoms with E-state index >= 15 is 0 Å². The first kappa shape index (κ1) is 23.7. The molecule has 4 rings (SSSR count). The van der Waals surface area contributed by atoms with Crippen LogP contribution in [-0.4, -0.2) is 34.2 Å². The SMILES string of the molecule is CCOC(=O)c1c(OC)n(CC)c2cc(-c3ccccc3)cc(Cc3cnc(N)nc3N)c2c1=O. The Labute approximate surface area is 202 Å². The van der Waals surface area contributed by atoms with Gasteiger partial charge in [-0.05, 0) is 42.7 Å². The number of methoxy groups -OCH3 is 1. The zero-order chi connectivity index (χ0) is 25.1. The molecule has 4 aromatic rings. The van der Waals surface area contributed by atoms with Crippen LogP contribution in [0.5, 0.6) is 5.88 Å². The van der Waals surface area contributed by atoms with E-state index in [1.165, 1.54) is 7.11 Å². The number of carbonyl (C=O) groups is 1. The lowest BCUT2D eigenvalue weighted by Crippen LogP contribution is -2.24. The van der Waals surface area contributed by atoms with Gasteiger partial charge in [-0.15, -0.1) is 0 Å². The molecule has 0 atom stereocenters. The predicted octanol–water partition coefficient (Wildman–Crippen LogP) is 3.42. The maximum absolute atomic E-state index is 13.8. The highest BCUT2D eigenvalue weighted by atomic mass is 16.5. The lowest BCUT2D eigenvalue weighted by Gasteiger charge is -2.20. The van der Waals surface area contributed by atoms with E-state index < -0.39 is 11.4 Å². The summed E-state index contributed by atoms with van der Waals surface area (Å²) in [5, 5.41) is 0.381. The topological polar surface area (TPSA) is 135 Å². The molecule has 9 nitrogen and oxygen atoms in total. The second-order valence-corrected chi connectivity index (χ2v) is 7.89. The quantitative estimate of drug-likeness (QED) is 0.390. The molecule has 0 aliphatic carbocycles. The van der Waals surface area contributed by atoms with Crippen molar-refractivity contribution in [3.8, 4) is 17.0 Å². The van der Waals surface area contributed by atoms with E-state index in [1.807, 2.05) is 54.0 Å². The Morgan fingerprint density at radius 2 is 1.80 bits per heavy atom. The molecule has 9 heteroatoms. The Morgan fingerprint density at radius 3 is 2.43 bits per heavy atom. The van der Waals surface area contributed by atoms with Crippen molar-refractivity contribution in [2.45, 2.75) is 26.8 Å². The van der Waals surface area contributed by atoms with Crippen LogP contribution in [0.2, 0.25) is 0 Å². The van der Waals surface area contributed by atoms with Gasteiger partial charge in [-0.2, -0.15) is 4.98 Å². The van der Waals surface area contributed by atoms with Crippen molar-refractivity contribution < 1.29 is 14.3 Å². The number of hydrogen-bond acceptors (Lipinski definition) is 8. The average Bonchev–Trinajstić information content (AvgIpc) is 2.85. The average molecular weight is 474 g/mol. The minimum absolute atomic E-state index is 0.0665. The summed E-state index contributed by atoms with van der Waals surface area (Å²) in [5.74, 6) is -0.274. The van der Waals surface area contributed by atoms with Crippen LogP contribution in [0.3, 0.4) is 0 Å². The minimum Gasteiger partial charge on any atom is -0.481 e. The summed E-state index contributed by atoms with van der Waals surface area (Å²) in [6.45, 7) is 4.19. The Morgan fingerprint density at radius 1 is 1.06 bits per heavy atom. The lowest BCUT2D eigenvalue weighted by molar-refractivity contribution is 0.0519. The molecule has 0 unspecified atom stereocenters. The number of benzene rings is 2. The lowest BCUT2D eigenvalue weighted by atomic mass is 9.94. The van der Waals surface area contributed by atoms with Gasteiger partial charge < -0.3 is 25.5 Å². The van der Waals surface area contributed by atoms with E-state index in [0.717, 1.165) is 11.1 Å². The van der Waals surface area contributed by atoms with Crippen LogP contribution in [-0.2, 0) is 17.7 Å². The first-order valence-corrected chi connectivity index (χ1v) is 11.3. The summed E-state index contributed by atoms with van der Waals surface area (Å²) in [6.07, 6.45) is 1.81. The highest BCUT2D eigenvalue weighted by Gasteiger charge is 2.26. The fourth-order valence-corrected chi connectivity index (χ4v) is 4.25. The van der Waals surface area contributed by atoms with Gasteiger partial charge in [-0.3, -0.25) is 4.79 Å². The van der Waals surface area contributed by atoms with Crippen molar-refractivity contribution in [2.75, 3.05) is 25.2 Å². The fraction of sp³-hybridized carbons (Fsp3) is 0.231. The molecule has 0 bridgehead atoms. The molecule has 0 fully saturated rings. The number of esters is 1. The van der Waals surface area contributed by atoms with Gasteiger partial charge >= 0.3 is 5.97 Å². The first-order chi connectivity index (χ1) is 16.9. The van der Waals surface area contributed by atoms with Crippen LogP contribution >= 0.6 is 0 Å². The standard InChI is InChI=1S/C26H27N5O4/c1-4-31-19-13-16(15-9-7-6-8-10-15)11-17(12-18-14-29-26(28)30-23(18)27)20(19)22(32)21(24(31)34-3)25(33)35-5-2/h6-11,13-14H,4-5,12H2,1-3H3,(H4,27,28,29,30). The van der Waals surface area contributed by atoms with E-state index in [4.69, 9.17) is 20.9 Å². The predicted molar refractivity (Wildman–Crippen MR) is 135 cm³/mol. The molecule has 35 heavy (non-hydrogen) atoms. The fourth-order valence-electron chi connectivity index (χ4n) is 4.25. The molecule has 180 valence electrons. The number of rotatable bonds is 7. The van der Waals surface area contributed by atoms with Gasteiger partial charge in [0.25, 0.3) is 0 Å². The monoisotopic (exact) mass is 473 g/mol. The zero-order valence-corrected chi connectivity index (χ0v) is 19.9. The molecule has 0 aliphatic rings.